The van der Waals surface area contributed by atoms with Crippen LogP contribution in [0.3, 0.4) is 0 Å². The second-order valence-electron chi connectivity index (χ2n) is 13.9. The number of alkyl halides is 1. The summed E-state index contributed by atoms with van der Waals surface area (Å²) in [6.07, 6.45) is 10.7. The van der Waals surface area contributed by atoms with Crippen molar-refractivity contribution in [1.82, 2.24) is 29.7 Å². The lowest BCUT2D eigenvalue weighted by molar-refractivity contribution is -0.126. The Morgan fingerprint density at radius 1 is 1.23 bits per heavy atom. The van der Waals surface area contributed by atoms with Crippen LogP contribution < -0.4 is 9.64 Å². The van der Waals surface area contributed by atoms with Crippen LogP contribution >= 0.6 is 0 Å². The number of pyridine rings is 2. The number of amides is 1. The lowest BCUT2D eigenvalue weighted by Crippen LogP contribution is -2.45. The number of ether oxygens (including phenoxy) is 1. The number of rotatable bonds is 10. The number of nitrogens with zero attached hydrogens (tertiary/aromatic N) is 7. The minimum atomic E-state index is -1.10. The molecule has 0 aliphatic carbocycles. The molecule has 5 heterocycles. The van der Waals surface area contributed by atoms with Gasteiger partial charge in [0, 0.05) is 69.0 Å². The Hall–Kier alpha value is -5.74. The third-order valence-electron chi connectivity index (χ3n) is 10.2. The number of likely N-dealkylation sites (tertiary alicyclic amines) is 2. The van der Waals surface area contributed by atoms with Gasteiger partial charge in [0.25, 0.3) is 0 Å². The van der Waals surface area contributed by atoms with Crippen molar-refractivity contribution in [2.45, 2.75) is 50.5 Å². The third-order valence-corrected chi connectivity index (χ3v) is 10.2. The maximum Gasteiger partial charge on any atom is 0.319 e. The monoisotopic (exact) mass is 721 g/mol. The third kappa shape index (κ3) is 6.82. The van der Waals surface area contributed by atoms with Crippen molar-refractivity contribution in [1.29, 1.82) is 0 Å². The maximum atomic E-state index is 17.0. The van der Waals surface area contributed by atoms with E-state index in [0.717, 1.165) is 18.5 Å². The summed E-state index contributed by atoms with van der Waals surface area (Å²) in [6.45, 7) is 7.05. The lowest BCUT2D eigenvalue weighted by Gasteiger charge is -2.34. The summed E-state index contributed by atoms with van der Waals surface area (Å²) < 4.78 is 53.1. The van der Waals surface area contributed by atoms with Gasteiger partial charge in [0.05, 0.1) is 22.2 Å². The van der Waals surface area contributed by atoms with E-state index in [0.29, 0.717) is 30.8 Å². The number of aromatic nitrogens is 4. The van der Waals surface area contributed by atoms with Gasteiger partial charge in [-0.15, -0.1) is 6.42 Å². The number of phenols is 1. The molecule has 5 aromatic rings. The molecule has 0 unspecified atom stereocenters. The Morgan fingerprint density at radius 2 is 2.06 bits per heavy atom. The number of phenolic OH excluding ortho intramolecular Hbond substituents is 1. The molecule has 2 aromatic carbocycles. The summed E-state index contributed by atoms with van der Waals surface area (Å²) in [5.74, 6) is 0.710. The van der Waals surface area contributed by atoms with E-state index in [1.165, 1.54) is 36.5 Å². The molecule has 7 rings (SSSR count). The predicted molar refractivity (Wildman–Crippen MR) is 196 cm³/mol. The van der Waals surface area contributed by atoms with Crippen LogP contribution in [0.25, 0.3) is 32.9 Å². The quantitative estimate of drug-likeness (QED) is 0.133. The van der Waals surface area contributed by atoms with Gasteiger partial charge in [-0.2, -0.15) is 9.97 Å². The number of likely N-dealkylation sites (N-methyl/N-ethyl adjacent to an activating group) is 1. The Kier molecular flexibility index (Phi) is 9.65. The van der Waals surface area contributed by atoms with Gasteiger partial charge in [-0.1, -0.05) is 24.6 Å². The summed E-state index contributed by atoms with van der Waals surface area (Å²) in [4.78, 5) is 36.2. The molecule has 2 aliphatic heterocycles. The number of anilines is 1. The molecule has 0 radical (unpaired) electrons. The van der Waals surface area contributed by atoms with Gasteiger partial charge in [0.2, 0.25) is 5.91 Å². The van der Waals surface area contributed by atoms with Gasteiger partial charge in [0.1, 0.15) is 41.4 Å². The molecule has 0 bridgehead atoms. The van der Waals surface area contributed by atoms with Crippen molar-refractivity contribution in [2.75, 3.05) is 38.2 Å². The number of benzene rings is 2. The van der Waals surface area contributed by atoms with Crippen LogP contribution in [0.15, 0.2) is 67.5 Å². The topological polar surface area (TPSA) is 108 Å². The molecule has 53 heavy (non-hydrogen) atoms. The number of carbonyl (C=O) groups excluding carboxylic acids is 1. The molecule has 13 heteroatoms. The molecule has 3 atom stereocenters. The zero-order valence-corrected chi connectivity index (χ0v) is 29.4. The van der Waals surface area contributed by atoms with E-state index in [2.05, 4.69) is 27.5 Å². The molecule has 0 saturated carbocycles. The number of halogens is 3. The first kappa shape index (κ1) is 35.7. The van der Waals surface area contributed by atoms with Crippen molar-refractivity contribution < 1.29 is 27.8 Å². The van der Waals surface area contributed by atoms with Crippen LogP contribution in [0.2, 0.25) is 0 Å². The molecule has 2 saturated heterocycles. The molecule has 1 N–H and O–H groups in total. The second kappa shape index (κ2) is 14.4. The SMILES string of the molecule is C#Cc1c(F)ccc2cc(O)cc(-c3ncc4c(N(C)C[C@@H]5CCCN5C(=O)C=C)nc(OC[C@]5(C)C[C@@H](F)CN5Cc5ccccn5)nc4c3F)c12. The average molecular weight is 722 g/mol. The first-order valence-electron chi connectivity index (χ1n) is 17.3. The highest BCUT2D eigenvalue weighted by atomic mass is 19.1. The van der Waals surface area contributed by atoms with Gasteiger partial charge in [0.15, 0.2) is 5.82 Å². The van der Waals surface area contributed by atoms with E-state index in [1.54, 1.807) is 23.0 Å². The van der Waals surface area contributed by atoms with Crippen LogP contribution in [-0.4, -0.2) is 91.8 Å². The van der Waals surface area contributed by atoms with Crippen LogP contribution in [0.1, 0.15) is 37.4 Å². The summed E-state index contributed by atoms with van der Waals surface area (Å²) in [7, 11) is 1.78. The number of hydrogen-bond acceptors (Lipinski definition) is 9. The molecule has 0 spiro atoms. The van der Waals surface area contributed by atoms with Crippen molar-refractivity contribution in [3.63, 3.8) is 0 Å². The first-order valence-corrected chi connectivity index (χ1v) is 17.3. The molecule has 3 aromatic heterocycles. The van der Waals surface area contributed by atoms with Crippen molar-refractivity contribution in [2.24, 2.45) is 0 Å². The van der Waals surface area contributed by atoms with E-state index in [1.807, 2.05) is 30.0 Å². The number of carbonyl (C=O) groups is 1. The molecular weight excluding hydrogens is 683 g/mol. The normalized spacial score (nSPS) is 20.2. The van der Waals surface area contributed by atoms with E-state index >= 15 is 4.39 Å². The van der Waals surface area contributed by atoms with E-state index in [-0.39, 0.29) is 76.4 Å². The fourth-order valence-electron chi connectivity index (χ4n) is 7.60. The van der Waals surface area contributed by atoms with Crippen LogP contribution in [-0.2, 0) is 11.3 Å². The zero-order valence-electron chi connectivity index (χ0n) is 29.4. The highest BCUT2D eigenvalue weighted by Crippen LogP contribution is 2.39. The summed E-state index contributed by atoms with van der Waals surface area (Å²) >= 11 is 0. The number of terminal acetylenes is 1. The van der Waals surface area contributed by atoms with Crippen LogP contribution in [0.4, 0.5) is 19.0 Å². The van der Waals surface area contributed by atoms with E-state index < -0.39 is 23.3 Å². The molecule has 2 fully saturated rings. The Balaban J connectivity index is 1.32. The minimum absolute atomic E-state index is 0.0132. The summed E-state index contributed by atoms with van der Waals surface area (Å²) in [5, 5.41) is 11.4. The van der Waals surface area contributed by atoms with Crippen molar-refractivity contribution in [3.8, 4) is 35.4 Å². The maximum absolute atomic E-state index is 17.0. The number of aromatic hydroxyl groups is 1. The predicted octanol–water partition coefficient (Wildman–Crippen LogP) is 6.20. The Bertz CT molecular complexity index is 2270. The highest BCUT2D eigenvalue weighted by molar-refractivity contribution is 6.03. The molecular formula is C40H38F3N7O3. The second-order valence-corrected chi connectivity index (χ2v) is 13.9. The van der Waals surface area contributed by atoms with Crippen LogP contribution in [0.5, 0.6) is 11.8 Å². The molecule has 1 amide bonds. The van der Waals surface area contributed by atoms with E-state index in [4.69, 9.17) is 16.1 Å². The lowest BCUT2D eigenvalue weighted by atomic mass is 9.96. The fourth-order valence-corrected chi connectivity index (χ4v) is 7.60. The average Bonchev–Trinajstić information content (AvgIpc) is 3.73. The van der Waals surface area contributed by atoms with E-state index in [9.17, 15) is 18.7 Å². The van der Waals surface area contributed by atoms with Gasteiger partial charge < -0.3 is 19.6 Å². The largest absolute Gasteiger partial charge is 0.508 e. The number of hydrogen-bond donors (Lipinski definition) is 1. The van der Waals surface area contributed by atoms with Gasteiger partial charge in [-0.05, 0) is 61.6 Å². The molecule has 2 aliphatic rings. The Labute approximate surface area is 304 Å². The molecule has 10 nitrogen and oxygen atoms in total. The summed E-state index contributed by atoms with van der Waals surface area (Å²) in [5.41, 5.74) is -0.384. The fraction of sp³-hybridized carbons (Fsp3) is 0.325. The van der Waals surface area contributed by atoms with Gasteiger partial charge >= 0.3 is 6.01 Å². The highest BCUT2D eigenvalue weighted by Gasteiger charge is 2.43. The summed E-state index contributed by atoms with van der Waals surface area (Å²) in [6, 6.07) is 10.6. The van der Waals surface area contributed by atoms with Crippen molar-refractivity contribution in [3.05, 3.63) is 90.4 Å². The van der Waals surface area contributed by atoms with Gasteiger partial charge in [-0.3, -0.25) is 19.7 Å². The van der Waals surface area contributed by atoms with Gasteiger partial charge in [-0.25, -0.2) is 13.2 Å². The first-order chi connectivity index (χ1) is 25.5. The zero-order chi connectivity index (χ0) is 37.4. The smallest absolute Gasteiger partial charge is 0.319 e. The minimum Gasteiger partial charge on any atom is -0.508 e. The standard InChI is InChI=1S/C40H38F3N7O3/c1-5-29-32(42)13-12-24-16-28(51)17-30(34(24)29)36-35(43)37-31(19-45-36)38(48(4)22-27-11-9-15-50(27)33(52)6-2)47-39(46-37)53-23-40(3)18-25(41)20-49(40)21-26-10-7-8-14-44-26/h1,6-8,10,12-14,16-17,19,25,27,51H,2,9,11,15,18,20-23H2,3-4H3/t25-,27+,40+/m1/s1. The van der Waals surface area contributed by atoms with Crippen molar-refractivity contribution >= 4 is 33.4 Å². The molecule has 272 valence electrons. The Morgan fingerprint density at radius 3 is 2.81 bits per heavy atom. The number of fused-ring (bicyclic) bond motifs is 2. The van der Waals surface area contributed by atoms with Crippen LogP contribution in [0, 0.1) is 24.0 Å².